The molecule has 2 N–H and O–H groups in total. The molecule has 0 bridgehead atoms. The third-order valence-corrected chi connectivity index (χ3v) is 5.81. The van der Waals surface area contributed by atoms with Gasteiger partial charge in [0.25, 0.3) is 10.0 Å². The van der Waals surface area contributed by atoms with E-state index in [0.717, 1.165) is 6.42 Å². The van der Waals surface area contributed by atoms with E-state index in [1.807, 2.05) is 0 Å². The van der Waals surface area contributed by atoms with Crippen molar-refractivity contribution in [1.82, 2.24) is 0 Å². The summed E-state index contributed by atoms with van der Waals surface area (Å²) in [4.78, 5) is 24.8. The van der Waals surface area contributed by atoms with Crippen LogP contribution in [0.4, 0.5) is 17.1 Å². The predicted octanol–water partition coefficient (Wildman–Crippen LogP) is 2.88. The molecule has 1 fully saturated rings. The highest BCUT2D eigenvalue weighted by atomic mass is 32.2. The van der Waals surface area contributed by atoms with Gasteiger partial charge in [-0.1, -0.05) is 6.07 Å². The number of nitrogens with zero attached hydrogens (tertiary/aromatic N) is 1. The van der Waals surface area contributed by atoms with Gasteiger partial charge in [-0.2, -0.15) is 0 Å². The number of nitrogens with one attached hydrogen (secondary N) is 2. The summed E-state index contributed by atoms with van der Waals surface area (Å²) < 4.78 is 28.1. The molecule has 7 nitrogen and oxygen atoms in total. The van der Waals surface area contributed by atoms with Gasteiger partial charge in [0.2, 0.25) is 11.8 Å². The fourth-order valence-corrected chi connectivity index (χ4v) is 4.38. The van der Waals surface area contributed by atoms with Gasteiger partial charge in [-0.15, -0.1) is 0 Å². The zero-order valence-electron chi connectivity index (χ0n) is 15.2. The van der Waals surface area contributed by atoms with Crippen molar-refractivity contribution >= 4 is 38.9 Å². The molecule has 1 heterocycles. The van der Waals surface area contributed by atoms with Crippen LogP contribution >= 0.6 is 0 Å². The Morgan fingerprint density at radius 1 is 1.11 bits per heavy atom. The summed E-state index contributed by atoms with van der Waals surface area (Å²) in [6.07, 6.45) is 1.31. The standard InChI is InChI=1S/C19H21N3O4S/c1-13-11-15(20-14(2)23)8-9-18(13)27(25,26)21-16-5-3-6-17(12-16)22-10-4-7-19(22)24/h3,5-6,8-9,11-12,21H,4,7,10H2,1-2H3,(H,20,23). The molecule has 3 rings (SSSR count). The van der Waals surface area contributed by atoms with E-state index in [1.54, 1.807) is 48.2 Å². The Labute approximate surface area is 158 Å². The maximum Gasteiger partial charge on any atom is 0.262 e. The van der Waals surface area contributed by atoms with Gasteiger partial charge in [-0.3, -0.25) is 14.3 Å². The van der Waals surface area contributed by atoms with Gasteiger partial charge in [0.1, 0.15) is 0 Å². The molecule has 0 atom stereocenters. The largest absolute Gasteiger partial charge is 0.326 e. The molecule has 0 saturated carbocycles. The van der Waals surface area contributed by atoms with Gasteiger partial charge < -0.3 is 10.2 Å². The van der Waals surface area contributed by atoms with Crippen molar-refractivity contribution in [3.05, 3.63) is 48.0 Å². The smallest absolute Gasteiger partial charge is 0.262 e. The average molecular weight is 387 g/mol. The monoisotopic (exact) mass is 387 g/mol. The second kappa shape index (κ2) is 7.40. The molecule has 0 spiro atoms. The van der Waals surface area contributed by atoms with Gasteiger partial charge in [-0.05, 0) is 55.3 Å². The molecule has 27 heavy (non-hydrogen) atoms. The second-order valence-electron chi connectivity index (χ2n) is 6.47. The van der Waals surface area contributed by atoms with Crippen LogP contribution in [0, 0.1) is 6.92 Å². The van der Waals surface area contributed by atoms with Crippen molar-refractivity contribution in [3.63, 3.8) is 0 Å². The van der Waals surface area contributed by atoms with Crippen LogP contribution in [0.25, 0.3) is 0 Å². The summed E-state index contributed by atoms with van der Waals surface area (Å²) in [6.45, 7) is 3.69. The number of carbonyl (C=O) groups excluding carboxylic acids is 2. The molecule has 0 aromatic heterocycles. The third-order valence-electron chi connectivity index (χ3n) is 4.27. The first kappa shape index (κ1) is 18.9. The summed E-state index contributed by atoms with van der Waals surface area (Å²) in [5.41, 5.74) is 2.11. The van der Waals surface area contributed by atoms with Crippen molar-refractivity contribution < 1.29 is 18.0 Å². The number of sulfonamides is 1. The summed E-state index contributed by atoms with van der Waals surface area (Å²) in [5, 5.41) is 2.63. The maximum atomic E-state index is 12.8. The molecule has 1 saturated heterocycles. The average Bonchev–Trinajstić information content (AvgIpc) is 3.00. The van der Waals surface area contributed by atoms with Crippen LogP contribution in [0.3, 0.4) is 0 Å². The van der Waals surface area contributed by atoms with Crippen molar-refractivity contribution in [3.8, 4) is 0 Å². The Kier molecular flexibility index (Phi) is 5.18. The lowest BCUT2D eigenvalue weighted by Gasteiger charge is -2.17. The second-order valence-corrected chi connectivity index (χ2v) is 8.12. The summed E-state index contributed by atoms with van der Waals surface area (Å²) in [7, 11) is -3.81. The first-order chi connectivity index (χ1) is 12.8. The van der Waals surface area contributed by atoms with Gasteiger partial charge in [0, 0.05) is 31.3 Å². The predicted molar refractivity (Wildman–Crippen MR) is 104 cm³/mol. The van der Waals surface area contributed by atoms with Crippen LogP contribution in [0.1, 0.15) is 25.3 Å². The van der Waals surface area contributed by atoms with E-state index in [9.17, 15) is 18.0 Å². The van der Waals surface area contributed by atoms with Crippen LogP contribution in [-0.2, 0) is 19.6 Å². The van der Waals surface area contributed by atoms with E-state index in [2.05, 4.69) is 10.0 Å². The number of benzene rings is 2. The molecule has 1 aliphatic heterocycles. The SMILES string of the molecule is CC(=O)Nc1ccc(S(=O)(=O)Nc2cccc(N3CCCC3=O)c2)c(C)c1. The summed E-state index contributed by atoms with van der Waals surface area (Å²) >= 11 is 0. The highest BCUT2D eigenvalue weighted by molar-refractivity contribution is 7.92. The Bertz CT molecular complexity index is 1000. The lowest BCUT2D eigenvalue weighted by molar-refractivity contribution is -0.117. The fraction of sp³-hybridized carbons (Fsp3) is 0.263. The van der Waals surface area contributed by atoms with Crippen LogP contribution < -0.4 is 14.9 Å². The molecule has 0 aliphatic carbocycles. The molecule has 0 radical (unpaired) electrons. The highest BCUT2D eigenvalue weighted by Gasteiger charge is 2.23. The molecular formula is C19H21N3O4S. The van der Waals surface area contributed by atoms with E-state index >= 15 is 0 Å². The van der Waals surface area contributed by atoms with Crippen LogP contribution in [0.15, 0.2) is 47.4 Å². The Morgan fingerprint density at radius 2 is 1.89 bits per heavy atom. The number of amides is 2. The van der Waals surface area contributed by atoms with E-state index in [0.29, 0.717) is 35.6 Å². The van der Waals surface area contributed by atoms with Crippen molar-refractivity contribution in [1.29, 1.82) is 0 Å². The molecule has 142 valence electrons. The maximum absolute atomic E-state index is 12.8. The minimum Gasteiger partial charge on any atom is -0.326 e. The third kappa shape index (κ3) is 4.28. The zero-order chi connectivity index (χ0) is 19.6. The van der Waals surface area contributed by atoms with E-state index in [-0.39, 0.29) is 16.7 Å². The van der Waals surface area contributed by atoms with Gasteiger partial charge in [0.15, 0.2) is 0 Å². The number of rotatable bonds is 5. The minimum absolute atomic E-state index is 0.0411. The van der Waals surface area contributed by atoms with Gasteiger partial charge >= 0.3 is 0 Å². The number of aryl methyl sites for hydroxylation is 1. The topological polar surface area (TPSA) is 95.6 Å². The molecule has 1 aliphatic rings. The Morgan fingerprint density at radius 3 is 2.52 bits per heavy atom. The van der Waals surface area contributed by atoms with Gasteiger partial charge in [0.05, 0.1) is 10.6 Å². The highest BCUT2D eigenvalue weighted by Crippen LogP contribution is 2.27. The first-order valence-electron chi connectivity index (χ1n) is 8.58. The van der Waals surface area contributed by atoms with Crippen LogP contribution in [0.5, 0.6) is 0 Å². The van der Waals surface area contributed by atoms with Gasteiger partial charge in [-0.25, -0.2) is 8.42 Å². The van der Waals surface area contributed by atoms with Crippen molar-refractivity contribution in [2.75, 3.05) is 21.5 Å². The van der Waals surface area contributed by atoms with Crippen LogP contribution in [-0.4, -0.2) is 26.8 Å². The lowest BCUT2D eigenvalue weighted by Crippen LogP contribution is -2.23. The quantitative estimate of drug-likeness (QED) is 0.825. The van der Waals surface area contributed by atoms with E-state index in [4.69, 9.17) is 0 Å². The number of carbonyl (C=O) groups is 2. The first-order valence-corrected chi connectivity index (χ1v) is 10.1. The number of hydrogen-bond acceptors (Lipinski definition) is 4. The summed E-state index contributed by atoms with van der Waals surface area (Å²) in [5.74, 6) is -0.184. The Hall–Kier alpha value is -2.87. The van der Waals surface area contributed by atoms with E-state index < -0.39 is 10.0 Å². The molecular weight excluding hydrogens is 366 g/mol. The fourth-order valence-electron chi connectivity index (χ4n) is 3.10. The molecule has 2 aromatic rings. The normalized spacial score (nSPS) is 14.3. The molecule has 2 aromatic carbocycles. The number of anilines is 3. The number of hydrogen-bond donors (Lipinski definition) is 2. The van der Waals surface area contributed by atoms with Crippen LogP contribution in [0.2, 0.25) is 0 Å². The van der Waals surface area contributed by atoms with Crippen molar-refractivity contribution in [2.45, 2.75) is 31.6 Å². The minimum atomic E-state index is -3.81. The molecule has 2 amide bonds. The lowest BCUT2D eigenvalue weighted by atomic mass is 10.2. The van der Waals surface area contributed by atoms with Crippen molar-refractivity contribution in [2.24, 2.45) is 0 Å². The Balaban J connectivity index is 1.84. The molecule has 8 heteroatoms. The zero-order valence-corrected chi connectivity index (χ0v) is 16.0. The summed E-state index contributed by atoms with van der Waals surface area (Å²) in [6, 6.07) is 11.4. The van der Waals surface area contributed by atoms with E-state index in [1.165, 1.54) is 13.0 Å². The molecule has 0 unspecified atom stereocenters.